The molecule has 3 unspecified atom stereocenters. The van der Waals surface area contributed by atoms with E-state index in [0.29, 0.717) is 12.8 Å². The van der Waals surface area contributed by atoms with E-state index in [4.69, 9.17) is 0 Å². The number of allylic oxidation sites excluding steroid dienone is 2. The van der Waals surface area contributed by atoms with Crippen LogP contribution in [-0.4, -0.2) is 46.1 Å². The van der Waals surface area contributed by atoms with Gasteiger partial charge in [0.15, 0.2) is 0 Å². The lowest BCUT2D eigenvalue weighted by molar-refractivity contribution is -0.131. The van der Waals surface area contributed by atoms with Gasteiger partial charge in [-0.05, 0) is 38.5 Å². The summed E-state index contributed by atoms with van der Waals surface area (Å²) < 4.78 is 0. The number of carbonyl (C=O) groups excluding carboxylic acids is 1. The summed E-state index contributed by atoms with van der Waals surface area (Å²) in [4.78, 5) is 12.5. The van der Waals surface area contributed by atoms with Gasteiger partial charge in [0.05, 0.1) is 18.8 Å². The first-order valence-electron chi connectivity index (χ1n) is 27.5. The van der Waals surface area contributed by atoms with Gasteiger partial charge in [0, 0.05) is 0 Å². The van der Waals surface area contributed by atoms with E-state index in [1.54, 1.807) is 0 Å². The fourth-order valence-corrected chi connectivity index (χ4v) is 8.84. The van der Waals surface area contributed by atoms with Crippen LogP contribution in [0.4, 0.5) is 0 Å². The number of carbonyl (C=O) groups is 1. The van der Waals surface area contributed by atoms with Crippen LogP contribution in [-0.2, 0) is 4.79 Å². The summed E-state index contributed by atoms with van der Waals surface area (Å²) in [7, 11) is 0. The van der Waals surface area contributed by atoms with Crippen LogP contribution in [0.3, 0.4) is 0 Å². The molecule has 5 nitrogen and oxygen atoms in total. The summed E-state index contributed by atoms with van der Waals surface area (Å²) in [6.45, 7) is 4.26. The molecule has 1 amide bonds. The molecule has 358 valence electrons. The minimum Gasteiger partial charge on any atom is -0.394 e. The summed E-state index contributed by atoms with van der Waals surface area (Å²) in [6.07, 6.45) is 62.5. The summed E-state index contributed by atoms with van der Waals surface area (Å²) in [6, 6.07) is -0.709. The van der Waals surface area contributed by atoms with Crippen LogP contribution < -0.4 is 5.32 Å². The van der Waals surface area contributed by atoms with E-state index in [-0.39, 0.29) is 6.61 Å². The first-order chi connectivity index (χ1) is 29.6. The highest BCUT2D eigenvalue weighted by atomic mass is 16.3. The molecular weight excluding hydrogens is 739 g/mol. The molecule has 0 aromatic heterocycles. The molecule has 0 aliphatic rings. The fraction of sp³-hybridized carbons (Fsp3) is 0.945. The van der Waals surface area contributed by atoms with Crippen LogP contribution in [0.5, 0.6) is 0 Å². The van der Waals surface area contributed by atoms with Crippen molar-refractivity contribution in [3.8, 4) is 0 Å². The van der Waals surface area contributed by atoms with E-state index in [2.05, 4.69) is 31.3 Å². The summed E-state index contributed by atoms with van der Waals surface area (Å²) >= 11 is 0. The third-order valence-corrected chi connectivity index (χ3v) is 13.1. The predicted molar refractivity (Wildman–Crippen MR) is 264 cm³/mol. The average molecular weight is 848 g/mol. The van der Waals surface area contributed by atoms with Crippen molar-refractivity contribution in [1.82, 2.24) is 5.32 Å². The molecule has 0 aromatic carbocycles. The number of hydrogen-bond donors (Lipinski definition) is 4. The average Bonchev–Trinajstić information content (AvgIpc) is 3.25. The second-order valence-corrected chi connectivity index (χ2v) is 19.1. The number of rotatable bonds is 51. The minimum atomic E-state index is -1.07. The zero-order valence-corrected chi connectivity index (χ0v) is 40.9. The van der Waals surface area contributed by atoms with Gasteiger partial charge in [-0.3, -0.25) is 4.79 Å². The molecule has 0 fully saturated rings. The Morgan fingerprint density at radius 1 is 0.383 bits per heavy atom. The standard InChI is InChI=1S/C55H109NO4/c1-3-5-7-9-11-13-15-17-19-21-22-23-24-25-26-27-28-29-30-31-32-33-34-36-38-40-42-44-46-48-50-54(59)55(60)56-52(51-57)53(58)49-47-45-43-41-39-37-35-20-18-16-14-12-10-8-6-4-2/h25-26,52-54,57-59H,3-24,27-51H2,1-2H3,(H,56,60)/b26-25-. The van der Waals surface area contributed by atoms with Gasteiger partial charge in [0.2, 0.25) is 5.91 Å². The van der Waals surface area contributed by atoms with E-state index >= 15 is 0 Å². The zero-order valence-electron chi connectivity index (χ0n) is 40.9. The first kappa shape index (κ1) is 59.1. The molecule has 0 saturated heterocycles. The predicted octanol–water partition coefficient (Wildman–Crippen LogP) is 16.7. The second kappa shape index (κ2) is 50.7. The lowest BCUT2D eigenvalue weighted by atomic mass is 10.0. The van der Waals surface area contributed by atoms with Crippen LogP contribution >= 0.6 is 0 Å². The van der Waals surface area contributed by atoms with E-state index in [1.807, 2.05) is 0 Å². The van der Waals surface area contributed by atoms with Gasteiger partial charge < -0.3 is 20.6 Å². The highest BCUT2D eigenvalue weighted by Gasteiger charge is 2.23. The summed E-state index contributed by atoms with van der Waals surface area (Å²) in [5, 5.41) is 33.5. The number of nitrogens with one attached hydrogen (secondary N) is 1. The van der Waals surface area contributed by atoms with Crippen LogP contribution in [0.1, 0.15) is 309 Å². The number of hydrogen-bond acceptors (Lipinski definition) is 4. The van der Waals surface area contributed by atoms with Crippen LogP contribution in [0, 0.1) is 0 Å². The molecule has 0 aliphatic carbocycles. The van der Waals surface area contributed by atoms with Gasteiger partial charge in [-0.25, -0.2) is 0 Å². The van der Waals surface area contributed by atoms with Crippen molar-refractivity contribution in [2.45, 2.75) is 327 Å². The topological polar surface area (TPSA) is 89.8 Å². The Morgan fingerprint density at radius 2 is 0.633 bits per heavy atom. The van der Waals surface area contributed by atoms with Crippen molar-refractivity contribution < 1.29 is 20.1 Å². The number of unbranched alkanes of at least 4 members (excludes halogenated alkanes) is 41. The van der Waals surface area contributed by atoms with Crippen LogP contribution in [0.25, 0.3) is 0 Å². The van der Waals surface area contributed by atoms with E-state index in [0.717, 1.165) is 32.1 Å². The molecule has 0 radical (unpaired) electrons. The van der Waals surface area contributed by atoms with Crippen molar-refractivity contribution in [3.05, 3.63) is 12.2 Å². The van der Waals surface area contributed by atoms with Crippen molar-refractivity contribution >= 4 is 5.91 Å². The molecule has 0 aromatic rings. The molecule has 5 heteroatoms. The van der Waals surface area contributed by atoms with Crippen LogP contribution in [0.2, 0.25) is 0 Å². The lowest BCUT2D eigenvalue weighted by Crippen LogP contribution is -2.49. The minimum absolute atomic E-state index is 0.309. The third-order valence-electron chi connectivity index (χ3n) is 13.1. The van der Waals surface area contributed by atoms with Crippen LogP contribution in [0.15, 0.2) is 12.2 Å². The fourth-order valence-electron chi connectivity index (χ4n) is 8.84. The van der Waals surface area contributed by atoms with Gasteiger partial charge in [-0.15, -0.1) is 0 Å². The zero-order chi connectivity index (χ0) is 43.7. The Bertz CT molecular complexity index is 848. The Labute approximate surface area is 376 Å². The highest BCUT2D eigenvalue weighted by molar-refractivity contribution is 5.80. The monoisotopic (exact) mass is 848 g/mol. The first-order valence-corrected chi connectivity index (χ1v) is 27.5. The van der Waals surface area contributed by atoms with Crippen molar-refractivity contribution in [2.75, 3.05) is 6.61 Å². The highest BCUT2D eigenvalue weighted by Crippen LogP contribution is 2.18. The molecule has 3 atom stereocenters. The molecule has 0 bridgehead atoms. The van der Waals surface area contributed by atoms with Gasteiger partial charge in [0.25, 0.3) is 0 Å². The van der Waals surface area contributed by atoms with Crippen molar-refractivity contribution in [1.29, 1.82) is 0 Å². The Balaban J connectivity index is 3.49. The smallest absolute Gasteiger partial charge is 0.249 e. The number of aliphatic hydroxyl groups is 3. The summed E-state index contributed by atoms with van der Waals surface area (Å²) in [5.74, 6) is -0.465. The third kappa shape index (κ3) is 45.1. The molecule has 0 aliphatic heterocycles. The maximum Gasteiger partial charge on any atom is 0.249 e. The number of aliphatic hydroxyl groups excluding tert-OH is 3. The molecule has 0 rings (SSSR count). The van der Waals surface area contributed by atoms with Gasteiger partial charge in [-0.1, -0.05) is 283 Å². The number of amides is 1. The maximum atomic E-state index is 12.5. The van der Waals surface area contributed by atoms with Crippen molar-refractivity contribution in [3.63, 3.8) is 0 Å². The normalized spacial score (nSPS) is 13.3. The molecule has 0 saturated carbocycles. The van der Waals surface area contributed by atoms with E-state index < -0.39 is 24.2 Å². The van der Waals surface area contributed by atoms with Gasteiger partial charge >= 0.3 is 0 Å². The van der Waals surface area contributed by atoms with E-state index in [9.17, 15) is 20.1 Å². The van der Waals surface area contributed by atoms with Crippen molar-refractivity contribution in [2.24, 2.45) is 0 Å². The van der Waals surface area contributed by atoms with Gasteiger partial charge in [-0.2, -0.15) is 0 Å². The maximum absolute atomic E-state index is 12.5. The van der Waals surface area contributed by atoms with Gasteiger partial charge in [0.1, 0.15) is 6.10 Å². The second-order valence-electron chi connectivity index (χ2n) is 19.1. The SMILES string of the molecule is CCCCCCCCCCCCCC/C=C\CCCCCCCCCCCCCCCCC(O)C(=O)NC(CO)C(O)CCCCCCCCCCCCCCCCCC. The largest absolute Gasteiger partial charge is 0.394 e. The molecule has 0 heterocycles. The van der Waals surface area contributed by atoms with E-state index in [1.165, 1.54) is 250 Å². The summed E-state index contributed by atoms with van der Waals surface area (Å²) in [5.41, 5.74) is 0. The lowest BCUT2D eigenvalue weighted by Gasteiger charge is -2.23. The molecule has 4 N–H and O–H groups in total. The molecule has 0 spiro atoms. The Morgan fingerprint density at radius 3 is 0.917 bits per heavy atom. The Hall–Kier alpha value is -0.910. The quantitative estimate of drug-likeness (QED) is 0.0363. The molecular formula is C55H109NO4. The Kier molecular flexibility index (Phi) is 50.0. The molecule has 60 heavy (non-hydrogen) atoms.